The average molecular weight is 583 g/mol. The molecule has 0 radical (unpaired) electrons. The lowest BCUT2D eigenvalue weighted by Crippen LogP contribution is -2.59. The van der Waals surface area contributed by atoms with Crippen molar-refractivity contribution in [1.82, 2.24) is 19.3 Å². The topological polar surface area (TPSA) is 116 Å². The standard InChI is InChI=1S/C32H31ClN6O3/c1-4-6-27-26(5-2)31(41)39(32(27)42)18-25-17-37(16-24-13-22-12-23(33)9-10-29(22)36(24)3)19-30(40)38(25)15-20-7-8-21(14-34)28(35)11-20/h4-13,25H,2,15-19,35H2,1,3H3/b6-4-. The Morgan fingerprint density at radius 2 is 1.86 bits per heavy atom. The van der Waals surface area contributed by atoms with Crippen molar-refractivity contribution >= 4 is 45.9 Å². The van der Waals surface area contributed by atoms with Gasteiger partial charge in [-0.25, -0.2) is 0 Å². The molecule has 1 aromatic heterocycles. The second kappa shape index (κ2) is 11.7. The minimum absolute atomic E-state index is 0.0226. The van der Waals surface area contributed by atoms with Crippen LogP contribution in [-0.4, -0.2) is 62.7 Å². The maximum atomic E-state index is 13.7. The largest absolute Gasteiger partial charge is 0.398 e. The summed E-state index contributed by atoms with van der Waals surface area (Å²) in [5.41, 5.74) is 10.1. The lowest BCUT2D eigenvalue weighted by atomic mass is 10.1. The van der Waals surface area contributed by atoms with Gasteiger partial charge in [0.05, 0.1) is 35.8 Å². The molecule has 0 aliphatic carbocycles. The first kappa shape index (κ1) is 28.9. The highest BCUT2D eigenvalue weighted by Gasteiger charge is 2.41. The molecule has 1 atom stereocenters. The minimum atomic E-state index is -0.490. The number of halogens is 1. The molecule has 0 spiro atoms. The second-order valence-corrected chi connectivity index (χ2v) is 11.0. The zero-order chi connectivity index (χ0) is 30.1. The van der Waals surface area contributed by atoms with Crippen LogP contribution < -0.4 is 5.73 Å². The van der Waals surface area contributed by atoms with Crippen LogP contribution in [0.25, 0.3) is 10.9 Å². The van der Waals surface area contributed by atoms with Gasteiger partial charge in [-0.2, -0.15) is 5.26 Å². The van der Waals surface area contributed by atoms with Crippen molar-refractivity contribution in [1.29, 1.82) is 5.26 Å². The van der Waals surface area contributed by atoms with E-state index in [0.29, 0.717) is 29.4 Å². The van der Waals surface area contributed by atoms with Gasteiger partial charge in [-0.3, -0.25) is 24.2 Å². The molecule has 1 saturated heterocycles. The molecule has 9 nitrogen and oxygen atoms in total. The number of piperazine rings is 1. The molecule has 5 rings (SSSR count). The van der Waals surface area contributed by atoms with Crippen LogP contribution in [0.5, 0.6) is 0 Å². The van der Waals surface area contributed by atoms with Crippen molar-refractivity contribution in [2.75, 3.05) is 25.4 Å². The number of aromatic nitrogens is 1. The smallest absolute Gasteiger partial charge is 0.261 e. The van der Waals surface area contributed by atoms with E-state index in [1.807, 2.05) is 30.1 Å². The molecule has 0 bridgehead atoms. The summed E-state index contributed by atoms with van der Waals surface area (Å²) in [6, 6.07) is 14.4. The van der Waals surface area contributed by atoms with Crippen LogP contribution in [0, 0.1) is 11.3 Å². The first-order chi connectivity index (χ1) is 20.1. The third-order valence-electron chi connectivity index (χ3n) is 7.84. The van der Waals surface area contributed by atoms with Gasteiger partial charge in [-0.1, -0.05) is 42.5 Å². The van der Waals surface area contributed by atoms with E-state index in [2.05, 4.69) is 23.3 Å². The Morgan fingerprint density at radius 1 is 1.10 bits per heavy atom. The zero-order valence-corrected chi connectivity index (χ0v) is 24.3. The number of benzene rings is 2. The molecule has 3 aromatic rings. The summed E-state index contributed by atoms with van der Waals surface area (Å²) < 4.78 is 2.08. The molecule has 3 heterocycles. The number of anilines is 1. The number of fused-ring (bicyclic) bond motifs is 1. The van der Waals surface area contributed by atoms with Crippen molar-refractivity contribution < 1.29 is 14.4 Å². The Bertz CT molecular complexity index is 1730. The van der Waals surface area contributed by atoms with E-state index in [-0.39, 0.29) is 36.7 Å². The summed E-state index contributed by atoms with van der Waals surface area (Å²) in [6.07, 6.45) is 4.72. The molecule has 1 fully saturated rings. The van der Waals surface area contributed by atoms with Gasteiger partial charge in [0.2, 0.25) is 5.91 Å². The minimum Gasteiger partial charge on any atom is -0.398 e. The molecule has 42 heavy (non-hydrogen) atoms. The van der Waals surface area contributed by atoms with Gasteiger partial charge in [-0.15, -0.1) is 0 Å². The molecule has 1 unspecified atom stereocenters. The number of nitrogens with zero attached hydrogens (tertiary/aromatic N) is 5. The van der Waals surface area contributed by atoms with E-state index in [1.165, 1.54) is 11.0 Å². The number of nitriles is 1. The van der Waals surface area contributed by atoms with Gasteiger partial charge in [0.15, 0.2) is 0 Å². The lowest BCUT2D eigenvalue weighted by molar-refractivity contribution is -0.147. The summed E-state index contributed by atoms with van der Waals surface area (Å²) in [7, 11) is 1.98. The molecule has 3 amide bonds. The molecule has 214 valence electrons. The third-order valence-corrected chi connectivity index (χ3v) is 8.07. The molecule has 0 saturated carbocycles. The van der Waals surface area contributed by atoms with Gasteiger partial charge in [0.25, 0.3) is 11.8 Å². The fourth-order valence-corrected chi connectivity index (χ4v) is 5.90. The Morgan fingerprint density at radius 3 is 2.55 bits per heavy atom. The van der Waals surface area contributed by atoms with E-state index in [9.17, 15) is 19.6 Å². The summed E-state index contributed by atoms with van der Waals surface area (Å²) in [5.74, 6) is -0.979. The maximum Gasteiger partial charge on any atom is 0.261 e. The van der Waals surface area contributed by atoms with Gasteiger partial charge in [-0.05, 0) is 48.9 Å². The number of amides is 3. The number of rotatable bonds is 8. The Hall–Kier alpha value is -4.65. The monoisotopic (exact) mass is 582 g/mol. The number of carbonyl (C=O) groups is 3. The summed E-state index contributed by atoms with van der Waals surface area (Å²) >= 11 is 6.21. The normalized spacial score (nSPS) is 18.1. The summed E-state index contributed by atoms with van der Waals surface area (Å²) in [5, 5.41) is 10.9. The van der Waals surface area contributed by atoms with E-state index in [4.69, 9.17) is 17.3 Å². The highest BCUT2D eigenvalue weighted by Crippen LogP contribution is 2.28. The Balaban J connectivity index is 1.44. The van der Waals surface area contributed by atoms with Crippen molar-refractivity contribution in [3.63, 3.8) is 0 Å². The van der Waals surface area contributed by atoms with Crippen molar-refractivity contribution in [2.45, 2.75) is 26.1 Å². The number of aryl methyl sites for hydroxylation is 1. The number of imide groups is 1. The van der Waals surface area contributed by atoms with Crippen LogP contribution in [0.4, 0.5) is 5.69 Å². The predicted molar refractivity (Wildman–Crippen MR) is 162 cm³/mol. The van der Waals surface area contributed by atoms with Gasteiger partial charge in [0, 0.05) is 54.0 Å². The quantitative estimate of drug-likeness (QED) is 0.318. The number of carbonyl (C=O) groups excluding carboxylic acids is 3. The first-order valence-electron chi connectivity index (χ1n) is 13.5. The fraction of sp³-hybridized carbons (Fsp3) is 0.250. The Labute approximate surface area is 249 Å². The Kier molecular flexibility index (Phi) is 8.03. The highest BCUT2D eigenvalue weighted by molar-refractivity contribution is 6.31. The van der Waals surface area contributed by atoms with E-state index in [0.717, 1.165) is 22.2 Å². The average Bonchev–Trinajstić information content (AvgIpc) is 3.37. The van der Waals surface area contributed by atoms with E-state index in [1.54, 1.807) is 42.2 Å². The van der Waals surface area contributed by atoms with Crippen LogP contribution in [-0.2, 0) is 34.5 Å². The van der Waals surface area contributed by atoms with Gasteiger partial charge >= 0.3 is 0 Å². The van der Waals surface area contributed by atoms with Crippen LogP contribution in [0.3, 0.4) is 0 Å². The van der Waals surface area contributed by atoms with Crippen molar-refractivity contribution in [2.24, 2.45) is 7.05 Å². The third kappa shape index (κ3) is 5.34. The molecule has 2 aliphatic heterocycles. The van der Waals surface area contributed by atoms with Gasteiger partial charge in [0.1, 0.15) is 6.07 Å². The number of allylic oxidation sites excluding steroid dienone is 1. The number of nitrogen functional groups attached to an aromatic ring is 1. The fourth-order valence-electron chi connectivity index (χ4n) is 5.72. The van der Waals surface area contributed by atoms with Crippen LogP contribution >= 0.6 is 11.6 Å². The molecule has 2 N–H and O–H groups in total. The molecule has 2 aromatic carbocycles. The highest BCUT2D eigenvalue weighted by atomic mass is 35.5. The van der Waals surface area contributed by atoms with E-state index >= 15 is 0 Å². The van der Waals surface area contributed by atoms with Gasteiger partial charge < -0.3 is 15.2 Å². The molecule has 10 heteroatoms. The number of nitrogens with two attached hydrogens (primary N) is 1. The second-order valence-electron chi connectivity index (χ2n) is 10.5. The molecular weight excluding hydrogens is 552 g/mol. The molecule has 2 aliphatic rings. The van der Waals surface area contributed by atoms with Crippen molar-refractivity contribution in [3.05, 3.63) is 100 Å². The van der Waals surface area contributed by atoms with Crippen LogP contribution in [0.2, 0.25) is 5.02 Å². The predicted octanol–water partition coefficient (Wildman–Crippen LogP) is 3.93. The van der Waals surface area contributed by atoms with Crippen LogP contribution in [0.1, 0.15) is 23.7 Å². The van der Waals surface area contributed by atoms with Crippen molar-refractivity contribution in [3.8, 4) is 6.07 Å². The molecular formula is C32H31ClN6O3. The first-order valence-corrected chi connectivity index (χ1v) is 13.9. The maximum absolute atomic E-state index is 13.7. The van der Waals surface area contributed by atoms with Crippen LogP contribution in [0.15, 0.2) is 78.4 Å². The summed E-state index contributed by atoms with van der Waals surface area (Å²) in [6.45, 7) is 6.83. The summed E-state index contributed by atoms with van der Waals surface area (Å²) in [4.78, 5) is 45.2. The van der Waals surface area contributed by atoms with E-state index < -0.39 is 17.9 Å². The zero-order valence-electron chi connectivity index (χ0n) is 23.5. The SMILES string of the molecule is C=CC1=C(/C=C\C)C(=O)N(CC2CN(Cc3cc4cc(Cl)ccc4n3C)CC(=O)N2Cc2ccc(C#N)c(N)c2)C1=O. The lowest BCUT2D eigenvalue weighted by Gasteiger charge is -2.42. The number of hydrogen-bond donors (Lipinski definition) is 1. The number of hydrogen-bond acceptors (Lipinski definition) is 6.